The van der Waals surface area contributed by atoms with Crippen LogP contribution in [0.2, 0.25) is 5.02 Å². The molecule has 1 aliphatic heterocycles. The zero-order valence-corrected chi connectivity index (χ0v) is 16.3. The van der Waals surface area contributed by atoms with Crippen LogP contribution in [0.4, 0.5) is 14.9 Å². The molecule has 1 atom stereocenters. The Morgan fingerprint density at radius 1 is 1.22 bits per heavy atom. The van der Waals surface area contributed by atoms with Crippen molar-refractivity contribution in [3.05, 3.63) is 64.9 Å². The van der Waals surface area contributed by atoms with Crippen molar-refractivity contribution < 1.29 is 9.18 Å². The maximum Gasteiger partial charge on any atom is 0.342 e. The molecule has 0 aromatic heterocycles. The van der Waals surface area contributed by atoms with Gasteiger partial charge in [-0.3, -0.25) is 0 Å². The lowest BCUT2D eigenvalue weighted by atomic mass is 9.78. The number of halogens is 2. The fourth-order valence-corrected chi connectivity index (χ4v) is 3.42. The number of hydrogen-bond donors (Lipinski definition) is 1. The van der Waals surface area contributed by atoms with Crippen molar-refractivity contribution in [2.45, 2.75) is 33.1 Å². The van der Waals surface area contributed by atoms with E-state index in [2.05, 4.69) is 24.3 Å². The molecule has 0 saturated heterocycles. The zero-order valence-electron chi connectivity index (χ0n) is 15.5. The van der Waals surface area contributed by atoms with E-state index in [1.54, 1.807) is 36.4 Å². The quantitative estimate of drug-likeness (QED) is 0.679. The smallest absolute Gasteiger partial charge is 0.306 e. The van der Waals surface area contributed by atoms with Gasteiger partial charge in [-0.05, 0) is 48.4 Å². The van der Waals surface area contributed by atoms with E-state index < -0.39 is 0 Å². The van der Waals surface area contributed by atoms with Crippen LogP contribution in [0.1, 0.15) is 38.7 Å². The summed E-state index contributed by atoms with van der Waals surface area (Å²) in [6, 6.07) is 12.9. The Bertz CT molecular complexity index is 836. The number of nitrogens with zero attached hydrogens (tertiary/aromatic N) is 2. The number of rotatable bonds is 5. The molecular formula is C21H23ClFN3O. The van der Waals surface area contributed by atoms with Gasteiger partial charge in [-0.1, -0.05) is 50.4 Å². The SMILES string of the molecule is CCCCC1(C)CN(C(=O)Nc2ccc(Cl)cc2)N=C1c1ccc(F)cc1. The molecule has 2 amide bonds. The maximum atomic E-state index is 13.3. The summed E-state index contributed by atoms with van der Waals surface area (Å²) in [7, 11) is 0. The molecule has 6 heteroatoms. The molecule has 4 nitrogen and oxygen atoms in total. The highest BCUT2D eigenvalue weighted by atomic mass is 35.5. The Hall–Kier alpha value is -2.40. The van der Waals surface area contributed by atoms with Gasteiger partial charge in [0, 0.05) is 16.1 Å². The third-order valence-corrected chi connectivity index (χ3v) is 5.07. The second-order valence-corrected chi connectivity index (χ2v) is 7.55. The first kappa shape index (κ1) is 19.4. The molecule has 2 aromatic carbocycles. The number of anilines is 1. The predicted octanol–water partition coefficient (Wildman–Crippen LogP) is 5.93. The average molecular weight is 388 g/mol. The van der Waals surface area contributed by atoms with Crippen molar-refractivity contribution >= 4 is 29.0 Å². The Morgan fingerprint density at radius 3 is 2.52 bits per heavy atom. The van der Waals surface area contributed by atoms with Gasteiger partial charge in [0.2, 0.25) is 0 Å². The van der Waals surface area contributed by atoms with Crippen LogP contribution in [-0.4, -0.2) is 23.3 Å². The molecule has 2 aromatic rings. The third-order valence-electron chi connectivity index (χ3n) is 4.82. The highest BCUT2D eigenvalue weighted by molar-refractivity contribution is 6.30. The van der Waals surface area contributed by atoms with Gasteiger partial charge in [0.1, 0.15) is 5.82 Å². The number of hydrazone groups is 1. The van der Waals surface area contributed by atoms with E-state index in [4.69, 9.17) is 11.6 Å². The summed E-state index contributed by atoms with van der Waals surface area (Å²) >= 11 is 5.89. The fourth-order valence-electron chi connectivity index (χ4n) is 3.30. The molecule has 27 heavy (non-hydrogen) atoms. The van der Waals surface area contributed by atoms with Crippen LogP contribution in [0.5, 0.6) is 0 Å². The Kier molecular flexibility index (Phi) is 5.80. The van der Waals surface area contributed by atoms with Gasteiger partial charge in [-0.2, -0.15) is 5.10 Å². The van der Waals surface area contributed by atoms with E-state index in [-0.39, 0.29) is 17.3 Å². The number of carbonyl (C=O) groups is 1. The second kappa shape index (κ2) is 8.09. The number of hydrogen-bond acceptors (Lipinski definition) is 2. The minimum Gasteiger partial charge on any atom is -0.306 e. The molecule has 0 fully saturated rings. The van der Waals surface area contributed by atoms with Crippen LogP contribution < -0.4 is 5.32 Å². The minimum absolute atomic E-state index is 0.273. The van der Waals surface area contributed by atoms with Gasteiger partial charge in [-0.25, -0.2) is 14.2 Å². The number of carbonyl (C=O) groups excluding carboxylic acids is 1. The van der Waals surface area contributed by atoms with E-state index in [1.807, 2.05) is 0 Å². The normalized spacial score (nSPS) is 19.1. The van der Waals surface area contributed by atoms with Crippen molar-refractivity contribution in [2.24, 2.45) is 10.5 Å². The summed E-state index contributed by atoms with van der Waals surface area (Å²) in [4.78, 5) is 12.7. The highest BCUT2D eigenvalue weighted by Gasteiger charge is 2.40. The summed E-state index contributed by atoms with van der Waals surface area (Å²) in [5.41, 5.74) is 2.05. The summed E-state index contributed by atoms with van der Waals surface area (Å²) < 4.78 is 13.3. The number of urea groups is 1. The molecule has 0 saturated carbocycles. The minimum atomic E-state index is -0.294. The lowest BCUT2D eigenvalue weighted by Crippen LogP contribution is -2.35. The molecule has 3 rings (SSSR count). The van der Waals surface area contributed by atoms with Crippen molar-refractivity contribution in [3.8, 4) is 0 Å². The summed E-state index contributed by atoms with van der Waals surface area (Å²) in [6.45, 7) is 4.73. The predicted molar refractivity (Wildman–Crippen MR) is 108 cm³/mol. The number of unbranched alkanes of at least 4 members (excludes halogenated alkanes) is 1. The first-order valence-corrected chi connectivity index (χ1v) is 9.48. The van der Waals surface area contributed by atoms with Crippen molar-refractivity contribution in [3.63, 3.8) is 0 Å². The Morgan fingerprint density at radius 2 is 1.89 bits per heavy atom. The third kappa shape index (κ3) is 4.48. The van der Waals surface area contributed by atoms with Crippen LogP contribution in [0.15, 0.2) is 53.6 Å². The molecule has 1 unspecified atom stereocenters. The first-order chi connectivity index (χ1) is 12.9. The molecule has 1 heterocycles. The largest absolute Gasteiger partial charge is 0.342 e. The van der Waals surface area contributed by atoms with Crippen LogP contribution in [-0.2, 0) is 0 Å². The summed E-state index contributed by atoms with van der Waals surface area (Å²) in [5.74, 6) is -0.287. The molecule has 0 aliphatic carbocycles. The van der Waals surface area contributed by atoms with Gasteiger partial charge >= 0.3 is 6.03 Å². The maximum absolute atomic E-state index is 13.3. The Labute approximate surface area is 164 Å². The van der Waals surface area contributed by atoms with Crippen LogP contribution in [0.3, 0.4) is 0 Å². The molecule has 0 bridgehead atoms. The van der Waals surface area contributed by atoms with Gasteiger partial charge < -0.3 is 5.32 Å². The van der Waals surface area contributed by atoms with E-state index in [9.17, 15) is 9.18 Å². The van der Waals surface area contributed by atoms with Gasteiger partial charge in [0.25, 0.3) is 0 Å². The molecule has 0 radical (unpaired) electrons. The first-order valence-electron chi connectivity index (χ1n) is 9.10. The molecule has 1 aliphatic rings. The topological polar surface area (TPSA) is 44.7 Å². The zero-order chi connectivity index (χ0) is 19.4. The number of benzene rings is 2. The molecule has 0 spiro atoms. The van der Waals surface area contributed by atoms with E-state index in [0.29, 0.717) is 17.3 Å². The fraction of sp³-hybridized carbons (Fsp3) is 0.333. The summed E-state index contributed by atoms with van der Waals surface area (Å²) in [6.07, 6.45) is 3.00. The lowest BCUT2D eigenvalue weighted by molar-refractivity contribution is 0.206. The van der Waals surface area contributed by atoms with Crippen molar-refractivity contribution in [2.75, 3.05) is 11.9 Å². The van der Waals surface area contributed by atoms with Crippen LogP contribution >= 0.6 is 11.6 Å². The lowest BCUT2D eigenvalue weighted by Gasteiger charge is -2.26. The molecule has 142 valence electrons. The molecular weight excluding hydrogens is 365 g/mol. The average Bonchev–Trinajstić information content (AvgIpc) is 3.01. The van der Waals surface area contributed by atoms with Gasteiger partial charge in [-0.15, -0.1) is 0 Å². The van der Waals surface area contributed by atoms with Crippen molar-refractivity contribution in [1.29, 1.82) is 0 Å². The molecule has 1 N–H and O–H groups in total. The monoisotopic (exact) mass is 387 g/mol. The van der Waals surface area contributed by atoms with Gasteiger partial charge in [0.15, 0.2) is 0 Å². The van der Waals surface area contributed by atoms with Gasteiger partial charge in [0.05, 0.1) is 12.3 Å². The second-order valence-electron chi connectivity index (χ2n) is 7.11. The standard InChI is InChI=1S/C21H23ClFN3O/c1-3-4-13-21(2)14-26(20(27)24-18-11-7-16(22)8-12-18)25-19(21)15-5-9-17(23)10-6-15/h5-12H,3-4,13-14H2,1-2H3,(H,24,27). The van der Waals surface area contributed by atoms with E-state index in [1.165, 1.54) is 17.1 Å². The van der Waals surface area contributed by atoms with Crippen molar-refractivity contribution in [1.82, 2.24) is 5.01 Å². The highest BCUT2D eigenvalue weighted by Crippen LogP contribution is 2.36. The van der Waals surface area contributed by atoms with E-state index in [0.717, 1.165) is 30.5 Å². The van der Waals surface area contributed by atoms with Crippen LogP contribution in [0, 0.1) is 11.2 Å². The Balaban J connectivity index is 1.84. The summed E-state index contributed by atoms with van der Waals surface area (Å²) in [5, 5.41) is 9.51. The van der Waals surface area contributed by atoms with E-state index >= 15 is 0 Å². The van der Waals surface area contributed by atoms with Crippen LogP contribution in [0.25, 0.3) is 0 Å². The number of amides is 2. The number of nitrogens with one attached hydrogen (secondary N) is 1.